The summed E-state index contributed by atoms with van der Waals surface area (Å²) in [4.78, 5) is 23.5. The predicted octanol–water partition coefficient (Wildman–Crippen LogP) is 7.63. The number of carbonyl (C=O) groups is 2. The molecular weight excluding hydrogens is 348 g/mol. The number of esters is 2. The Morgan fingerprint density at radius 2 is 1.07 bits per heavy atom. The number of unbranched alkanes of at least 4 members (excludes halogenated alkanes) is 14. The van der Waals surface area contributed by atoms with E-state index in [1.165, 1.54) is 77.0 Å². The number of carbonyl (C=O) groups excluding carboxylic acids is 2. The number of hydrogen-bond acceptors (Lipinski definition) is 3. The largest absolute Gasteiger partial charge is 0.389 e. The average Bonchev–Trinajstić information content (AvgIpc) is 2.71. The van der Waals surface area contributed by atoms with Crippen LogP contribution in [0.3, 0.4) is 0 Å². The molecule has 3 heteroatoms. The van der Waals surface area contributed by atoms with Crippen LogP contribution < -0.4 is 0 Å². The smallest absolute Gasteiger partial charge is 0.345 e. The highest BCUT2D eigenvalue weighted by Gasteiger charge is 2.11. The zero-order valence-corrected chi connectivity index (χ0v) is 17.9. The second-order valence-corrected chi connectivity index (χ2v) is 7.83. The van der Waals surface area contributed by atoms with Gasteiger partial charge in [-0.1, -0.05) is 115 Å². The lowest BCUT2D eigenvalue weighted by atomic mass is 10.0. The molecule has 28 heavy (non-hydrogen) atoms. The molecule has 0 fully saturated rings. The molecule has 0 N–H and O–H groups in total. The van der Waals surface area contributed by atoms with Crippen molar-refractivity contribution in [1.29, 1.82) is 0 Å². The van der Waals surface area contributed by atoms with Crippen LogP contribution in [0.1, 0.15) is 120 Å². The van der Waals surface area contributed by atoms with E-state index in [1.54, 1.807) is 24.3 Å². The molecule has 0 amide bonds. The van der Waals surface area contributed by atoms with Crippen molar-refractivity contribution in [3.05, 3.63) is 35.9 Å². The molecule has 0 aliphatic heterocycles. The first-order valence-corrected chi connectivity index (χ1v) is 11.5. The highest BCUT2D eigenvalue weighted by molar-refractivity contribution is 5.96. The van der Waals surface area contributed by atoms with Crippen molar-refractivity contribution in [2.24, 2.45) is 0 Å². The van der Waals surface area contributed by atoms with E-state index >= 15 is 0 Å². The topological polar surface area (TPSA) is 43.4 Å². The monoisotopic (exact) mass is 388 g/mol. The Morgan fingerprint density at radius 3 is 1.54 bits per heavy atom. The van der Waals surface area contributed by atoms with Gasteiger partial charge in [-0.05, 0) is 18.6 Å². The summed E-state index contributed by atoms with van der Waals surface area (Å²) in [6, 6.07) is 8.66. The molecule has 0 radical (unpaired) electrons. The third kappa shape index (κ3) is 13.5. The van der Waals surface area contributed by atoms with Crippen LogP contribution in [-0.4, -0.2) is 11.9 Å². The van der Waals surface area contributed by atoms with Crippen molar-refractivity contribution in [3.8, 4) is 0 Å². The Morgan fingerprint density at radius 1 is 0.643 bits per heavy atom. The highest BCUT2D eigenvalue weighted by Crippen LogP contribution is 2.14. The lowest BCUT2D eigenvalue weighted by molar-refractivity contribution is -0.138. The van der Waals surface area contributed by atoms with Gasteiger partial charge in [0.05, 0.1) is 5.56 Å². The summed E-state index contributed by atoms with van der Waals surface area (Å²) in [5, 5.41) is 0. The van der Waals surface area contributed by atoms with E-state index < -0.39 is 11.9 Å². The van der Waals surface area contributed by atoms with Gasteiger partial charge in [-0.2, -0.15) is 0 Å². The standard InChI is InChI=1S/C25H40O3/c1-2-3-4-5-6-7-8-9-10-11-12-13-14-15-19-22-24(26)28-25(27)23-20-17-16-18-21-23/h16-18,20-21H,2-15,19,22H2,1H3. The first-order valence-electron chi connectivity index (χ1n) is 11.5. The maximum absolute atomic E-state index is 11.8. The molecule has 0 heterocycles. The average molecular weight is 389 g/mol. The van der Waals surface area contributed by atoms with Gasteiger partial charge in [-0.3, -0.25) is 4.79 Å². The van der Waals surface area contributed by atoms with Gasteiger partial charge >= 0.3 is 11.9 Å². The quantitative estimate of drug-likeness (QED) is 0.156. The number of ether oxygens (including phenoxy) is 1. The second-order valence-electron chi connectivity index (χ2n) is 7.83. The van der Waals surface area contributed by atoms with E-state index in [0.29, 0.717) is 12.0 Å². The fraction of sp³-hybridized carbons (Fsp3) is 0.680. The number of rotatable bonds is 17. The Hall–Kier alpha value is -1.64. The molecule has 0 aliphatic carbocycles. The number of benzene rings is 1. The van der Waals surface area contributed by atoms with Gasteiger partial charge in [0, 0.05) is 6.42 Å². The second kappa shape index (κ2) is 17.5. The lowest BCUT2D eigenvalue weighted by Crippen LogP contribution is -2.12. The molecule has 0 aromatic heterocycles. The van der Waals surface area contributed by atoms with E-state index in [0.717, 1.165) is 19.3 Å². The first-order chi connectivity index (χ1) is 13.7. The molecular formula is C25H40O3. The van der Waals surface area contributed by atoms with E-state index in [-0.39, 0.29) is 0 Å². The molecule has 0 bridgehead atoms. The van der Waals surface area contributed by atoms with Crippen molar-refractivity contribution in [2.45, 2.75) is 110 Å². The molecule has 0 saturated heterocycles. The van der Waals surface area contributed by atoms with Crippen LogP contribution in [0.4, 0.5) is 0 Å². The fourth-order valence-corrected chi connectivity index (χ4v) is 3.43. The molecule has 0 aliphatic rings. The summed E-state index contributed by atoms with van der Waals surface area (Å²) in [6.45, 7) is 2.27. The molecule has 1 rings (SSSR count). The van der Waals surface area contributed by atoms with E-state index in [2.05, 4.69) is 6.92 Å². The van der Waals surface area contributed by atoms with Crippen LogP contribution in [0.5, 0.6) is 0 Å². The Labute approximate surface area is 172 Å². The summed E-state index contributed by atoms with van der Waals surface area (Å²) in [5.74, 6) is -0.963. The summed E-state index contributed by atoms with van der Waals surface area (Å²) < 4.78 is 4.88. The first kappa shape index (κ1) is 24.4. The number of hydrogen-bond donors (Lipinski definition) is 0. The van der Waals surface area contributed by atoms with Gasteiger partial charge in [0.25, 0.3) is 0 Å². The maximum atomic E-state index is 11.8. The molecule has 0 saturated carbocycles. The van der Waals surface area contributed by atoms with Gasteiger partial charge in [-0.25, -0.2) is 4.79 Å². The van der Waals surface area contributed by atoms with Gasteiger partial charge in [-0.15, -0.1) is 0 Å². The van der Waals surface area contributed by atoms with Crippen molar-refractivity contribution in [1.82, 2.24) is 0 Å². The van der Waals surface area contributed by atoms with Crippen molar-refractivity contribution >= 4 is 11.9 Å². The van der Waals surface area contributed by atoms with E-state index in [9.17, 15) is 9.59 Å². The predicted molar refractivity (Wildman–Crippen MR) is 116 cm³/mol. The fourth-order valence-electron chi connectivity index (χ4n) is 3.43. The summed E-state index contributed by atoms with van der Waals surface area (Å²) in [6.07, 6.45) is 19.7. The molecule has 0 spiro atoms. The van der Waals surface area contributed by atoms with Crippen molar-refractivity contribution in [2.75, 3.05) is 0 Å². The van der Waals surface area contributed by atoms with E-state index in [1.807, 2.05) is 6.07 Å². The van der Waals surface area contributed by atoms with Gasteiger partial charge in [0.1, 0.15) is 0 Å². The maximum Gasteiger partial charge on any atom is 0.345 e. The Balaban J connectivity index is 1.84. The zero-order chi connectivity index (χ0) is 20.3. The van der Waals surface area contributed by atoms with Gasteiger partial charge < -0.3 is 4.74 Å². The summed E-state index contributed by atoms with van der Waals surface area (Å²) in [7, 11) is 0. The summed E-state index contributed by atoms with van der Waals surface area (Å²) in [5.41, 5.74) is 0.423. The molecule has 0 atom stereocenters. The molecule has 1 aromatic rings. The minimum atomic E-state index is -0.549. The molecule has 3 nitrogen and oxygen atoms in total. The Bertz CT molecular complexity index is 510. The zero-order valence-electron chi connectivity index (χ0n) is 17.9. The normalized spacial score (nSPS) is 10.8. The van der Waals surface area contributed by atoms with Crippen LogP contribution in [0.15, 0.2) is 30.3 Å². The third-order valence-corrected chi connectivity index (χ3v) is 5.20. The molecule has 1 aromatic carbocycles. The van der Waals surface area contributed by atoms with Crippen LogP contribution >= 0.6 is 0 Å². The minimum absolute atomic E-state index is 0.330. The van der Waals surface area contributed by atoms with E-state index in [4.69, 9.17) is 4.74 Å². The molecule has 158 valence electrons. The van der Waals surface area contributed by atoms with Crippen LogP contribution in [-0.2, 0) is 9.53 Å². The lowest BCUT2D eigenvalue weighted by Gasteiger charge is -2.04. The van der Waals surface area contributed by atoms with Gasteiger partial charge in [0.15, 0.2) is 0 Å². The van der Waals surface area contributed by atoms with Crippen LogP contribution in [0.25, 0.3) is 0 Å². The Kier molecular flexibility index (Phi) is 15.2. The van der Waals surface area contributed by atoms with Crippen molar-refractivity contribution < 1.29 is 14.3 Å². The third-order valence-electron chi connectivity index (χ3n) is 5.20. The highest BCUT2D eigenvalue weighted by atomic mass is 16.6. The minimum Gasteiger partial charge on any atom is -0.389 e. The van der Waals surface area contributed by atoms with Crippen LogP contribution in [0, 0.1) is 0 Å². The van der Waals surface area contributed by atoms with Crippen LogP contribution in [0.2, 0.25) is 0 Å². The SMILES string of the molecule is CCCCCCCCCCCCCCCCCC(=O)OC(=O)c1ccccc1. The van der Waals surface area contributed by atoms with Crippen molar-refractivity contribution in [3.63, 3.8) is 0 Å². The summed E-state index contributed by atoms with van der Waals surface area (Å²) >= 11 is 0. The van der Waals surface area contributed by atoms with Gasteiger partial charge in [0.2, 0.25) is 0 Å². The molecule has 0 unspecified atom stereocenters.